The van der Waals surface area contributed by atoms with Gasteiger partial charge in [-0.1, -0.05) is 353 Å². The van der Waals surface area contributed by atoms with Gasteiger partial charge in [-0.2, -0.15) is 0 Å². The molecule has 77 heavy (non-hydrogen) atoms. The number of esters is 1. The lowest BCUT2D eigenvalue weighted by atomic mass is 10.0. The number of carbonyl (C=O) groups is 2. The molecule has 0 aliphatic rings. The number of hydrogen-bond acceptors (Lipinski definition) is 5. The third-order valence-corrected chi connectivity index (χ3v) is 16.8. The molecule has 0 radical (unpaired) electrons. The van der Waals surface area contributed by atoms with E-state index in [0.29, 0.717) is 25.9 Å². The van der Waals surface area contributed by atoms with E-state index in [-0.39, 0.29) is 18.5 Å². The molecule has 0 saturated heterocycles. The number of hydrogen-bond donors (Lipinski definition) is 3. The van der Waals surface area contributed by atoms with Crippen molar-refractivity contribution in [1.82, 2.24) is 5.32 Å². The van der Waals surface area contributed by atoms with Gasteiger partial charge in [0.15, 0.2) is 0 Å². The van der Waals surface area contributed by atoms with Gasteiger partial charge >= 0.3 is 5.97 Å². The molecule has 0 rings (SSSR count). The Morgan fingerprint density at radius 1 is 0.351 bits per heavy atom. The van der Waals surface area contributed by atoms with Crippen LogP contribution in [0.15, 0.2) is 12.2 Å². The molecule has 0 fully saturated rings. The van der Waals surface area contributed by atoms with Crippen LogP contribution in [0.3, 0.4) is 0 Å². The van der Waals surface area contributed by atoms with Gasteiger partial charge in [-0.05, 0) is 51.4 Å². The Bertz CT molecular complexity index is 1160. The van der Waals surface area contributed by atoms with Gasteiger partial charge in [-0.3, -0.25) is 9.59 Å². The minimum atomic E-state index is -0.661. The van der Waals surface area contributed by atoms with Crippen molar-refractivity contribution in [3.05, 3.63) is 12.2 Å². The molecule has 0 aliphatic heterocycles. The molecule has 458 valence electrons. The maximum Gasteiger partial charge on any atom is 0.305 e. The lowest BCUT2D eigenvalue weighted by Gasteiger charge is -2.22. The Balaban J connectivity index is 3.33. The van der Waals surface area contributed by atoms with Crippen LogP contribution in [0, 0.1) is 0 Å². The minimum absolute atomic E-state index is 0.0220. The predicted molar refractivity (Wildman–Crippen MR) is 338 cm³/mol. The number of ether oxygens (including phenoxy) is 1. The lowest BCUT2D eigenvalue weighted by Crippen LogP contribution is -2.45. The fraction of sp³-hybridized carbons (Fsp3) is 0.944. The Hall–Kier alpha value is -1.40. The van der Waals surface area contributed by atoms with E-state index in [9.17, 15) is 19.8 Å². The van der Waals surface area contributed by atoms with E-state index in [2.05, 4.69) is 31.3 Å². The van der Waals surface area contributed by atoms with Gasteiger partial charge in [0.25, 0.3) is 0 Å². The van der Waals surface area contributed by atoms with Crippen LogP contribution < -0.4 is 5.32 Å². The topological polar surface area (TPSA) is 95.9 Å². The van der Waals surface area contributed by atoms with E-state index in [1.807, 2.05) is 0 Å². The zero-order valence-corrected chi connectivity index (χ0v) is 52.5. The number of rotatable bonds is 67. The largest absolute Gasteiger partial charge is 0.466 e. The van der Waals surface area contributed by atoms with Crippen molar-refractivity contribution in [3.63, 3.8) is 0 Å². The number of carbonyl (C=O) groups excluding carboxylic acids is 2. The van der Waals surface area contributed by atoms with Crippen LogP contribution >= 0.6 is 0 Å². The summed E-state index contributed by atoms with van der Waals surface area (Å²) < 4.78 is 5.50. The molecule has 0 aliphatic carbocycles. The molecule has 6 nitrogen and oxygen atoms in total. The number of unbranched alkanes of at least 4 members (excludes halogenated alkanes) is 54. The van der Waals surface area contributed by atoms with Gasteiger partial charge in [-0.15, -0.1) is 0 Å². The highest BCUT2D eigenvalue weighted by atomic mass is 16.5. The molecule has 3 N–H and O–H groups in total. The quantitative estimate of drug-likeness (QED) is 0.0320. The first-order valence-electron chi connectivity index (χ1n) is 35.4. The highest BCUT2D eigenvalue weighted by Crippen LogP contribution is 2.19. The van der Waals surface area contributed by atoms with Crippen LogP contribution in [0.5, 0.6) is 0 Å². The maximum atomic E-state index is 12.5. The molecule has 0 aromatic rings. The van der Waals surface area contributed by atoms with Crippen molar-refractivity contribution in [1.29, 1.82) is 0 Å². The van der Waals surface area contributed by atoms with Crippen LogP contribution in [0.2, 0.25) is 0 Å². The smallest absolute Gasteiger partial charge is 0.305 e. The highest BCUT2D eigenvalue weighted by Gasteiger charge is 2.20. The summed E-state index contributed by atoms with van der Waals surface area (Å²) in [7, 11) is 0. The molecular weight excluding hydrogens is 947 g/mol. The van der Waals surface area contributed by atoms with E-state index in [4.69, 9.17) is 4.74 Å². The van der Waals surface area contributed by atoms with Crippen molar-refractivity contribution in [2.45, 2.75) is 418 Å². The summed E-state index contributed by atoms with van der Waals surface area (Å²) in [6, 6.07) is -0.538. The standard InChI is InChI=1S/C71H139NO5/c1-3-5-7-9-11-13-15-17-18-37-41-45-49-53-57-61-65-71(76)77-66-62-58-54-50-46-42-38-35-33-31-29-27-25-23-21-19-20-22-24-26-28-30-32-34-36-40-44-48-52-56-60-64-70(75)72-68(67-73)69(74)63-59-55-51-47-43-39-16-14-12-10-8-6-4-2/h21,23,68-69,73-74H,3-20,22,24-67H2,1-2H3,(H,72,75)/b23-21-. The summed E-state index contributed by atoms with van der Waals surface area (Å²) in [5.74, 6) is -0.00841. The number of allylic oxidation sites excluding steroid dienone is 2. The summed E-state index contributed by atoms with van der Waals surface area (Å²) >= 11 is 0. The molecule has 0 bridgehead atoms. The van der Waals surface area contributed by atoms with Gasteiger partial charge in [0.2, 0.25) is 5.91 Å². The number of aliphatic hydroxyl groups is 2. The van der Waals surface area contributed by atoms with Crippen molar-refractivity contribution < 1.29 is 24.5 Å². The van der Waals surface area contributed by atoms with E-state index in [0.717, 1.165) is 38.5 Å². The van der Waals surface area contributed by atoms with Gasteiger partial charge in [0.05, 0.1) is 25.4 Å². The van der Waals surface area contributed by atoms with Crippen LogP contribution in [0.1, 0.15) is 406 Å². The first-order valence-corrected chi connectivity index (χ1v) is 35.4. The van der Waals surface area contributed by atoms with Gasteiger partial charge in [0.1, 0.15) is 0 Å². The molecule has 6 heteroatoms. The first-order chi connectivity index (χ1) is 38.0. The van der Waals surface area contributed by atoms with Crippen molar-refractivity contribution in [2.75, 3.05) is 13.2 Å². The van der Waals surface area contributed by atoms with Crippen LogP contribution in [-0.4, -0.2) is 47.4 Å². The molecule has 0 aromatic carbocycles. The summed E-state index contributed by atoms with van der Waals surface area (Å²) in [6.07, 6.45) is 82.7. The Labute approximate surface area is 482 Å². The van der Waals surface area contributed by atoms with E-state index >= 15 is 0 Å². The highest BCUT2D eigenvalue weighted by molar-refractivity contribution is 5.76. The zero-order valence-electron chi connectivity index (χ0n) is 52.5. The van der Waals surface area contributed by atoms with Crippen molar-refractivity contribution >= 4 is 11.9 Å². The normalized spacial score (nSPS) is 12.5. The summed E-state index contributed by atoms with van der Waals surface area (Å²) in [4.78, 5) is 24.6. The summed E-state index contributed by atoms with van der Waals surface area (Å²) in [5.41, 5.74) is 0. The van der Waals surface area contributed by atoms with E-state index < -0.39 is 12.1 Å². The first kappa shape index (κ1) is 75.6. The minimum Gasteiger partial charge on any atom is -0.466 e. The molecule has 0 spiro atoms. The van der Waals surface area contributed by atoms with Crippen molar-refractivity contribution in [2.24, 2.45) is 0 Å². The fourth-order valence-electron chi connectivity index (χ4n) is 11.4. The predicted octanol–water partition coefficient (Wildman–Crippen LogP) is 22.8. The second-order valence-corrected chi connectivity index (χ2v) is 24.6. The van der Waals surface area contributed by atoms with Crippen LogP contribution in [0.4, 0.5) is 0 Å². The summed E-state index contributed by atoms with van der Waals surface area (Å²) in [5, 5.41) is 23.3. The molecular formula is C71H139NO5. The number of nitrogens with one attached hydrogen (secondary N) is 1. The van der Waals surface area contributed by atoms with Gasteiger partial charge in [0, 0.05) is 12.8 Å². The monoisotopic (exact) mass is 1090 g/mol. The number of amides is 1. The Morgan fingerprint density at radius 2 is 0.610 bits per heavy atom. The fourth-order valence-corrected chi connectivity index (χ4v) is 11.4. The van der Waals surface area contributed by atoms with E-state index in [1.54, 1.807) is 0 Å². The van der Waals surface area contributed by atoms with E-state index in [1.165, 1.54) is 334 Å². The Morgan fingerprint density at radius 3 is 0.922 bits per heavy atom. The molecule has 1 amide bonds. The average Bonchev–Trinajstić information content (AvgIpc) is 3.43. The molecule has 2 atom stereocenters. The lowest BCUT2D eigenvalue weighted by molar-refractivity contribution is -0.143. The Kier molecular flexibility index (Phi) is 65.9. The van der Waals surface area contributed by atoms with Crippen LogP contribution in [-0.2, 0) is 14.3 Å². The molecule has 2 unspecified atom stereocenters. The van der Waals surface area contributed by atoms with Gasteiger partial charge in [-0.25, -0.2) is 0 Å². The third-order valence-electron chi connectivity index (χ3n) is 16.8. The maximum absolute atomic E-state index is 12.5. The second kappa shape index (κ2) is 67.1. The van der Waals surface area contributed by atoms with Gasteiger partial charge < -0.3 is 20.3 Å². The van der Waals surface area contributed by atoms with Crippen molar-refractivity contribution in [3.8, 4) is 0 Å². The molecule has 0 aromatic heterocycles. The van der Waals surface area contributed by atoms with Crippen LogP contribution in [0.25, 0.3) is 0 Å². The average molecular weight is 1090 g/mol. The SMILES string of the molecule is CCCCCCCCCCCCCCCCCCC(=O)OCCCCCCCCCCCCCC/C=C\CCCCCCCCCCCCCCCCCC(=O)NC(CO)C(O)CCCCCCCCCCCCCCC. The zero-order chi connectivity index (χ0) is 55.7. The molecule has 0 heterocycles. The second-order valence-electron chi connectivity index (χ2n) is 24.6. The summed E-state index contributed by atoms with van der Waals surface area (Å²) in [6.45, 7) is 4.99. The third kappa shape index (κ3) is 63.6. The number of aliphatic hydroxyl groups excluding tert-OH is 2. The molecule has 0 saturated carbocycles.